The highest BCUT2D eigenvalue weighted by molar-refractivity contribution is 7.24. The molecule has 1 amide bonds. The first-order chi connectivity index (χ1) is 9.88. The Kier molecular flexibility index (Phi) is 4.97. The summed E-state index contributed by atoms with van der Waals surface area (Å²) in [5, 5.41) is 12.2. The molecular weight excluding hydrogens is 332 g/mol. The smallest absolute Gasteiger partial charge is 0.308 e. The first kappa shape index (κ1) is 15.9. The number of aliphatic carboxylic acids is 1. The second-order valence-corrected chi connectivity index (χ2v) is 7.20. The Morgan fingerprint density at radius 3 is 2.71 bits per heavy atom. The maximum atomic E-state index is 12.1. The molecule has 21 heavy (non-hydrogen) atoms. The SMILES string of the molecule is Cc1nc(-c2ccc(Cl)s2)sc1C(=O)NCC(C)C(=O)O. The summed E-state index contributed by atoms with van der Waals surface area (Å²) in [6.07, 6.45) is 0. The van der Waals surface area contributed by atoms with Crippen LogP contribution in [-0.2, 0) is 4.79 Å². The van der Waals surface area contributed by atoms with E-state index in [0.717, 1.165) is 9.88 Å². The molecule has 0 bridgehead atoms. The summed E-state index contributed by atoms with van der Waals surface area (Å²) in [6.45, 7) is 3.39. The van der Waals surface area contributed by atoms with E-state index in [2.05, 4.69) is 10.3 Å². The Bertz CT molecular complexity index is 681. The molecular formula is C13H13ClN2O3S2. The third kappa shape index (κ3) is 3.81. The molecule has 0 fully saturated rings. The number of carbonyl (C=O) groups excluding carboxylic acids is 1. The molecule has 0 saturated heterocycles. The fourth-order valence-electron chi connectivity index (χ4n) is 1.56. The first-order valence-electron chi connectivity index (χ1n) is 6.12. The maximum absolute atomic E-state index is 12.1. The minimum atomic E-state index is -0.940. The molecule has 1 atom stereocenters. The van der Waals surface area contributed by atoms with Gasteiger partial charge in [-0.15, -0.1) is 22.7 Å². The topological polar surface area (TPSA) is 79.3 Å². The van der Waals surface area contributed by atoms with Gasteiger partial charge in [0.05, 0.1) is 20.8 Å². The van der Waals surface area contributed by atoms with Gasteiger partial charge < -0.3 is 10.4 Å². The number of carboxylic acids is 1. The zero-order chi connectivity index (χ0) is 15.6. The van der Waals surface area contributed by atoms with Crippen LogP contribution in [0.2, 0.25) is 4.34 Å². The monoisotopic (exact) mass is 344 g/mol. The quantitative estimate of drug-likeness (QED) is 0.872. The number of carboxylic acid groups (broad SMARTS) is 1. The van der Waals surface area contributed by atoms with Crippen LogP contribution in [0.15, 0.2) is 12.1 Å². The first-order valence-corrected chi connectivity index (χ1v) is 8.13. The number of rotatable bonds is 5. The average Bonchev–Trinajstić information content (AvgIpc) is 3.01. The Morgan fingerprint density at radius 2 is 2.14 bits per heavy atom. The standard InChI is InChI=1S/C13H13ClN2O3S2/c1-6(13(18)19)5-15-11(17)10-7(2)16-12(21-10)8-3-4-9(14)20-8/h3-4,6H,5H2,1-2H3,(H,15,17)(H,18,19). The predicted octanol–water partition coefficient (Wildman–Crippen LogP) is 3.28. The van der Waals surface area contributed by atoms with Crippen LogP contribution >= 0.6 is 34.3 Å². The molecule has 5 nitrogen and oxygen atoms in total. The van der Waals surface area contributed by atoms with Crippen LogP contribution in [0.5, 0.6) is 0 Å². The highest BCUT2D eigenvalue weighted by Gasteiger charge is 2.19. The fraction of sp³-hybridized carbons (Fsp3) is 0.308. The van der Waals surface area contributed by atoms with Crippen LogP contribution in [0.1, 0.15) is 22.3 Å². The van der Waals surface area contributed by atoms with Crippen molar-refractivity contribution in [1.29, 1.82) is 0 Å². The Hall–Kier alpha value is -1.44. The average molecular weight is 345 g/mol. The number of amides is 1. The molecule has 1 unspecified atom stereocenters. The van der Waals surface area contributed by atoms with E-state index < -0.39 is 11.9 Å². The van der Waals surface area contributed by atoms with Crippen molar-refractivity contribution >= 4 is 46.2 Å². The van der Waals surface area contributed by atoms with E-state index in [4.69, 9.17) is 16.7 Å². The number of halogens is 1. The zero-order valence-corrected chi connectivity index (χ0v) is 13.7. The molecule has 2 rings (SSSR count). The number of hydrogen-bond donors (Lipinski definition) is 2. The minimum absolute atomic E-state index is 0.0890. The molecule has 8 heteroatoms. The molecule has 112 valence electrons. The van der Waals surface area contributed by atoms with Crippen molar-refractivity contribution in [3.05, 3.63) is 27.0 Å². The maximum Gasteiger partial charge on any atom is 0.308 e. The van der Waals surface area contributed by atoms with Crippen LogP contribution < -0.4 is 5.32 Å². The second-order valence-electron chi connectivity index (χ2n) is 4.49. The molecule has 2 aromatic heterocycles. The Morgan fingerprint density at radius 1 is 1.43 bits per heavy atom. The number of thiazole rings is 1. The third-order valence-electron chi connectivity index (χ3n) is 2.78. The van der Waals surface area contributed by atoms with Crippen molar-refractivity contribution < 1.29 is 14.7 Å². The lowest BCUT2D eigenvalue weighted by Crippen LogP contribution is -2.31. The fourth-order valence-corrected chi connectivity index (χ4v) is 3.64. The van der Waals surface area contributed by atoms with Gasteiger partial charge in [-0.3, -0.25) is 9.59 Å². The normalized spacial score (nSPS) is 12.1. The lowest BCUT2D eigenvalue weighted by Gasteiger charge is -2.07. The van der Waals surface area contributed by atoms with E-state index in [1.807, 2.05) is 6.07 Å². The number of aryl methyl sites for hydroxylation is 1. The van der Waals surface area contributed by atoms with Crippen LogP contribution in [-0.4, -0.2) is 28.5 Å². The molecule has 0 aliphatic heterocycles. The molecule has 0 radical (unpaired) electrons. The number of carbonyl (C=O) groups is 2. The Labute approximate surface area is 134 Å². The van der Waals surface area contributed by atoms with Gasteiger partial charge in [-0.05, 0) is 19.1 Å². The third-order valence-corrected chi connectivity index (χ3v) is 5.33. The van der Waals surface area contributed by atoms with Gasteiger partial charge in [0.1, 0.15) is 9.88 Å². The number of aromatic nitrogens is 1. The van der Waals surface area contributed by atoms with E-state index in [9.17, 15) is 9.59 Å². The van der Waals surface area contributed by atoms with Crippen molar-refractivity contribution in [2.45, 2.75) is 13.8 Å². The van der Waals surface area contributed by atoms with E-state index in [1.165, 1.54) is 22.7 Å². The van der Waals surface area contributed by atoms with Crippen molar-refractivity contribution in [1.82, 2.24) is 10.3 Å². The molecule has 0 aliphatic rings. The summed E-state index contributed by atoms with van der Waals surface area (Å²) >= 11 is 8.57. The van der Waals surface area contributed by atoms with Crippen molar-refractivity contribution in [2.24, 2.45) is 5.92 Å². The van der Waals surface area contributed by atoms with Crippen LogP contribution in [0.25, 0.3) is 9.88 Å². The largest absolute Gasteiger partial charge is 0.481 e. The van der Waals surface area contributed by atoms with E-state index >= 15 is 0 Å². The molecule has 2 N–H and O–H groups in total. The lowest BCUT2D eigenvalue weighted by molar-refractivity contribution is -0.140. The summed E-state index contributed by atoms with van der Waals surface area (Å²) in [5.41, 5.74) is 0.625. The van der Waals surface area contributed by atoms with Crippen molar-refractivity contribution in [3.8, 4) is 9.88 Å². The van der Waals surface area contributed by atoms with Gasteiger partial charge >= 0.3 is 5.97 Å². The Balaban J connectivity index is 2.12. The van der Waals surface area contributed by atoms with Crippen LogP contribution in [0.3, 0.4) is 0 Å². The molecule has 0 aliphatic carbocycles. The van der Waals surface area contributed by atoms with Gasteiger partial charge in [-0.25, -0.2) is 4.98 Å². The summed E-state index contributed by atoms with van der Waals surface area (Å²) in [5.74, 6) is -1.87. The highest BCUT2D eigenvalue weighted by Crippen LogP contribution is 2.34. The number of nitrogens with zero attached hydrogens (tertiary/aromatic N) is 1. The highest BCUT2D eigenvalue weighted by atomic mass is 35.5. The van der Waals surface area contributed by atoms with Gasteiger partial charge in [0, 0.05) is 6.54 Å². The van der Waals surface area contributed by atoms with Gasteiger partial charge in [-0.2, -0.15) is 0 Å². The zero-order valence-electron chi connectivity index (χ0n) is 11.3. The number of thiophene rings is 1. The molecule has 0 aromatic carbocycles. The van der Waals surface area contributed by atoms with E-state index in [0.29, 0.717) is 14.9 Å². The van der Waals surface area contributed by atoms with Crippen LogP contribution in [0, 0.1) is 12.8 Å². The summed E-state index contributed by atoms with van der Waals surface area (Å²) < 4.78 is 0.666. The summed E-state index contributed by atoms with van der Waals surface area (Å²) in [4.78, 5) is 28.6. The van der Waals surface area contributed by atoms with Crippen molar-refractivity contribution in [2.75, 3.05) is 6.54 Å². The van der Waals surface area contributed by atoms with Crippen LogP contribution in [0.4, 0.5) is 0 Å². The van der Waals surface area contributed by atoms with Gasteiger partial charge in [-0.1, -0.05) is 18.5 Å². The van der Waals surface area contributed by atoms with E-state index in [-0.39, 0.29) is 12.5 Å². The molecule has 2 heterocycles. The number of hydrogen-bond acceptors (Lipinski definition) is 5. The molecule has 0 spiro atoms. The molecule has 0 saturated carbocycles. The second kappa shape index (κ2) is 6.55. The summed E-state index contributed by atoms with van der Waals surface area (Å²) in [7, 11) is 0. The van der Waals surface area contributed by atoms with Crippen molar-refractivity contribution in [3.63, 3.8) is 0 Å². The predicted molar refractivity (Wildman–Crippen MR) is 84.3 cm³/mol. The lowest BCUT2D eigenvalue weighted by atomic mass is 10.2. The van der Waals surface area contributed by atoms with Gasteiger partial charge in [0.15, 0.2) is 0 Å². The molecule has 2 aromatic rings. The minimum Gasteiger partial charge on any atom is -0.481 e. The number of nitrogens with one attached hydrogen (secondary N) is 1. The van der Waals surface area contributed by atoms with Gasteiger partial charge in [0.25, 0.3) is 5.91 Å². The van der Waals surface area contributed by atoms with Gasteiger partial charge in [0.2, 0.25) is 0 Å². The summed E-state index contributed by atoms with van der Waals surface area (Å²) in [6, 6.07) is 3.64. The van der Waals surface area contributed by atoms with E-state index in [1.54, 1.807) is 19.9 Å².